The first-order valence-electron chi connectivity index (χ1n) is 6.28. The van der Waals surface area contributed by atoms with Gasteiger partial charge in [0.25, 0.3) is 0 Å². The first-order valence-corrected chi connectivity index (χ1v) is 7.44. The summed E-state index contributed by atoms with van der Waals surface area (Å²) in [6.45, 7) is 0. The van der Waals surface area contributed by atoms with Crippen molar-refractivity contribution in [2.24, 2.45) is 0 Å². The third-order valence-corrected chi connectivity index (χ3v) is 4.01. The van der Waals surface area contributed by atoms with Gasteiger partial charge in [0, 0.05) is 11.5 Å². The Kier molecular flexibility index (Phi) is 5.00. The SMILES string of the molecule is O=C(O)c1ccc(CSCc2ccc(C(=O)O)cc2)cc1. The van der Waals surface area contributed by atoms with E-state index in [0.717, 1.165) is 22.6 Å². The van der Waals surface area contributed by atoms with E-state index in [4.69, 9.17) is 10.2 Å². The predicted molar refractivity (Wildman–Crippen MR) is 81.8 cm³/mol. The number of hydrogen-bond acceptors (Lipinski definition) is 3. The monoisotopic (exact) mass is 302 g/mol. The van der Waals surface area contributed by atoms with Crippen LogP contribution in [0, 0.1) is 0 Å². The molecule has 0 aromatic heterocycles. The minimum atomic E-state index is -0.923. The summed E-state index contributed by atoms with van der Waals surface area (Å²) in [5, 5.41) is 17.6. The zero-order valence-electron chi connectivity index (χ0n) is 11.2. The zero-order valence-corrected chi connectivity index (χ0v) is 12.0. The Labute approximate surface area is 126 Å². The van der Waals surface area contributed by atoms with E-state index in [0.29, 0.717) is 0 Å². The molecule has 0 saturated heterocycles. The summed E-state index contributed by atoms with van der Waals surface area (Å²) in [6, 6.07) is 13.6. The van der Waals surface area contributed by atoms with Gasteiger partial charge in [0.15, 0.2) is 0 Å². The van der Waals surface area contributed by atoms with E-state index < -0.39 is 11.9 Å². The number of thioether (sulfide) groups is 1. The third kappa shape index (κ3) is 4.36. The molecule has 108 valence electrons. The first kappa shape index (κ1) is 15.1. The van der Waals surface area contributed by atoms with Crippen molar-refractivity contribution in [3.63, 3.8) is 0 Å². The number of carboxylic acid groups (broad SMARTS) is 2. The topological polar surface area (TPSA) is 74.6 Å². The van der Waals surface area contributed by atoms with Crippen LogP contribution in [0.25, 0.3) is 0 Å². The predicted octanol–water partition coefficient (Wildman–Crippen LogP) is 3.52. The molecule has 0 saturated carbocycles. The van der Waals surface area contributed by atoms with Gasteiger partial charge in [-0.3, -0.25) is 0 Å². The zero-order chi connectivity index (χ0) is 15.2. The van der Waals surface area contributed by atoms with E-state index in [1.165, 1.54) is 0 Å². The number of aromatic carboxylic acids is 2. The van der Waals surface area contributed by atoms with Gasteiger partial charge in [-0.25, -0.2) is 9.59 Å². The lowest BCUT2D eigenvalue weighted by molar-refractivity contribution is 0.0686. The number of benzene rings is 2. The lowest BCUT2D eigenvalue weighted by Gasteiger charge is -2.04. The summed E-state index contributed by atoms with van der Waals surface area (Å²) in [6.07, 6.45) is 0. The molecule has 0 aliphatic carbocycles. The normalized spacial score (nSPS) is 10.3. The molecule has 2 aromatic rings. The molecule has 0 fully saturated rings. The van der Waals surface area contributed by atoms with Gasteiger partial charge in [0.1, 0.15) is 0 Å². The van der Waals surface area contributed by atoms with E-state index in [1.54, 1.807) is 36.0 Å². The molecule has 0 aliphatic rings. The van der Waals surface area contributed by atoms with E-state index in [9.17, 15) is 9.59 Å². The molecule has 2 N–H and O–H groups in total. The van der Waals surface area contributed by atoms with E-state index >= 15 is 0 Å². The van der Waals surface area contributed by atoms with Gasteiger partial charge in [-0.1, -0.05) is 24.3 Å². The fourth-order valence-electron chi connectivity index (χ4n) is 1.77. The Balaban J connectivity index is 1.86. The van der Waals surface area contributed by atoms with Crippen LogP contribution in [0.3, 0.4) is 0 Å². The van der Waals surface area contributed by atoms with Crippen molar-refractivity contribution in [1.29, 1.82) is 0 Å². The summed E-state index contributed by atoms with van der Waals surface area (Å²) in [4.78, 5) is 21.5. The maximum Gasteiger partial charge on any atom is 0.335 e. The lowest BCUT2D eigenvalue weighted by atomic mass is 10.1. The van der Waals surface area contributed by atoms with Crippen LogP contribution in [0.15, 0.2) is 48.5 Å². The summed E-state index contributed by atoms with van der Waals surface area (Å²) in [7, 11) is 0. The number of carboxylic acids is 2. The van der Waals surface area contributed by atoms with Gasteiger partial charge >= 0.3 is 11.9 Å². The van der Waals surface area contributed by atoms with Crippen molar-refractivity contribution >= 4 is 23.7 Å². The van der Waals surface area contributed by atoms with Gasteiger partial charge < -0.3 is 10.2 Å². The summed E-state index contributed by atoms with van der Waals surface area (Å²) < 4.78 is 0. The summed E-state index contributed by atoms with van der Waals surface area (Å²) in [5.74, 6) is -0.290. The Morgan fingerprint density at radius 3 is 1.33 bits per heavy atom. The van der Waals surface area contributed by atoms with Gasteiger partial charge in [0.05, 0.1) is 11.1 Å². The molecule has 2 aromatic carbocycles. The van der Waals surface area contributed by atoms with Crippen molar-refractivity contribution in [3.8, 4) is 0 Å². The van der Waals surface area contributed by atoms with Gasteiger partial charge in [0.2, 0.25) is 0 Å². The molecule has 2 rings (SSSR count). The number of carbonyl (C=O) groups is 2. The smallest absolute Gasteiger partial charge is 0.335 e. The highest BCUT2D eigenvalue weighted by Crippen LogP contribution is 2.18. The average Bonchev–Trinajstić information content (AvgIpc) is 2.48. The van der Waals surface area contributed by atoms with Crippen molar-refractivity contribution in [3.05, 3.63) is 70.8 Å². The quantitative estimate of drug-likeness (QED) is 0.854. The minimum absolute atomic E-state index is 0.285. The largest absolute Gasteiger partial charge is 0.478 e. The maximum atomic E-state index is 10.7. The molecule has 0 unspecified atom stereocenters. The highest BCUT2D eigenvalue weighted by atomic mass is 32.2. The van der Waals surface area contributed by atoms with E-state index in [1.807, 2.05) is 24.3 Å². The molecule has 0 atom stereocenters. The number of rotatable bonds is 6. The second-order valence-corrected chi connectivity index (χ2v) is 5.48. The fourth-order valence-corrected chi connectivity index (χ4v) is 2.73. The van der Waals surface area contributed by atoms with E-state index in [2.05, 4.69) is 0 Å². The van der Waals surface area contributed by atoms with Crippen LogP contribution in [0.5, 0.6) is 0 Å². The second-order valence-electron chi connectivity index (χ2n) is 4.50. The Bertz CT molecular complexity index is 575. The van der Waals surface area contributed by atoms with Crippen LogP contribution in [0.1, 0.15) is 31.8 Å². The molecule has 0 heterocycles. The van der Waals surface area contributed by atoms with Crippen molar-refractivity contribution < 1.29 is 19.8 Å². The molecule has 0 aliphatic heterocycles. The fraction of sp³-hybridized carbons (Fsp3) is 0.125. The molecule has 4 nitrogen and oxygen atoms in total. The summed E-state index contributed by atoms with van der Waals surface area (Å²) >= 11 is 1.69. The molecule has 5 heteroatoms. The number of hydrogen-bond donors (Lipinski definition) is 2. The van der Waals surface area contributed by atoms with Crippen LogP contribution in [0.4, 0.5) is 0 Å². The Morgan fingerprint density at radius 1 is 0.714 bits per heavy atom. The maximum absolute atomic E-state index is 10.7. The highest BCUT2D eigenvalue weighted by Gasteiger charge is 2.03. The molecule has 0 spiro atoms. The Morgan fingerprint density at radius 2 is 1.05 bits per heavy atom. The molecule has 0 bridgehead atoms. The van der Waals surface area contributed by atoms with Crippen LogP contribution in [-0.4, -0.2) is 22.2 Å². The first-order chi connectivity index (χ1) is 10.1. The van der Waals surface area contributed by atoms with Crippen LogP contribution < -0.4 is 0 Å². The third-order valence-electron chi connectivity index (χ3n) is 2.94. The lowest BCUT2D eigenvalue weighted by Crippen LogP contribution is -1.96. The summed E-state index contributed by atoms with van der Waals surface area (Å²) in [5.41, 5.74) is 2.69. The van der Waals surface area contributed by atoms with Crippen LogP contribution in [0.2, 0.25) is 0 Å². The molecule has 21 heavy (non-hydrogen) atoms. The van der Waals surface area contributed by atoms with Crippen molar-refractivity contribution in [2.75, 3.05) is 0 Å². The Hall–Kier alpha value is -2.27. The van der Waals surface area contributed by atoms with E-state index in [-0.39, 0.29) is 11.1 Å². The molecule has 0 radical (unpaired) electrons. The average molecular weight is 302 g/mol. The van der Waals surface area contributed by atoms with Crippen molar-refractivity contribution in [2.45, 2.75) is 11.5 Å². The van der Waals surface area contributed by atoms with Crippen LogP contribution in [-0.2, 0) is 11.5 Å². The standard InChI is InChI=1S/C16H14O4S/c17-15(18)13-5-1-11(2-6-13)9-21-10-12-3-7-14(8-4-12)16(19)20/h1-8H,9-10H2,(H,17,18)(H,19,20). The molecular formula is C16H14O4S. The second kappa shape index (κ2) is 6.95. The van der Waals surface area contributed by atoms with Gasteiger partial charge in [-0.15, -0.1) is 0 Å². The van der Waals surface area contributed by atoms with Gasteiger partial charge in [-0.2, -0.15) is 11.8 Å². The van der Waals surface area contributed by atoms with Gasteiger partial charge in [-0.05, 0) is 35.4 Å². The highest BCUT2D eigenvalue weighted by molar-refractivity contribution is 7.97. The van der Waals surface area contributed by atoms with Crippen LogP contribution >= 0.6 is 11.8 Å². The molecule has 0 amide bonds. The minimum Gasteiger partial charge on any atom is -0.478 e. The van der Waals surface area contributed by atoms with Crippen molar-refractivity contribution in [1.82, 2.24) is 0 Å². The molecular weight excluding hydrogens is 288 g/mol.